The van der Waals surface area contributed by atoms with Crippen molar-refractivity contribution >= 4 is 16.7 Å². The van der Waals surface area contributed by atoms with Crippen LogP contribution < -0.4 is 5.32 Å². The van der Waals surface area contributed by atoms with E-state index in [4.69, 9.17) is 5.11 Å². The van der Waals surface area contributed by atoms with Gasteiger partial charge in [-0.25, -0.2) is 4.39 Å². The van der Waals surface area contributed by atoms with Crippen molar-refractivity contribution in [2.45, 2.75) is 18.6 Å². The summed E-state index contributed by atoms with van der Waals surface area (Å²) < 4.78 is 24.5. The van der Waals surface area contributed by atoms with Crippen LogP contribution in [0, 0.1) is 17.7 Å². The number of aliphatic hydroxyl groups excluding tert-OH is 1. The summed E-state index contributed by atoms with van der Waals surface area (Å²) in [4.78, 5) is 12.1. The first-order valence-corrected chi connectivity index (χ1v) is 8.07. The van der Waals surface area contributed by atoms with E-state index >= 15 is 0 Å². The molecule has 0 saturated heterocycles. The number of halogens is 1. The van der Waals surface area contributed by atoms with Crippen LogP contribution in [0.2, 0.25) is 0 Å². The van der Waals surface area contributed by atoms with Gasteiger partial charge < -0.3 is 10.4 Å². The first-order valence-electron chi connectivity index (χ1n) is 6.45. The summed E-state index contributed by atoms with van der Waals surface area (Å²) in [5, 5.41) is 11.1. The number of aliphatic hydroxyl groups is 1. The van der Waals surface area contributed by atoms with Gasteiger partial charge in [0, 0.05) is 40.8 Å². The highest BCUT2D eigenvalue weighted by atomic mass is 32.2. The van der Waals surface area contributed by atoms with Gasteiger partial charge in [-0.05, 0) is 25.1 Å². The van der Waals surface area contributed by atoms with Crippen molar-refractivity contribution in [3.05, 3.63) is 35.1 Å². The van der Waals surface area contributed by atoms with E-state index in [2.05, 4.69) is 17.2 Å². The van der Waals surface area contributed by atoms with Crippen LogP contribution in [0.3, 0.4) is 0 Å². The van der Waals surface area contributed by atoms with E-state index in [0.717, 1.165) is 6.07 Å². The van der Waals surface area contributed by atoms with Crippen molar-refractivity contribution in [3.8, 4) is 11.8 Å². The third-order valence-electron chi connectivity index (χ3n) is 2.80. The highest BCUT2D eigenvalue weighted by Crippen LogP contribution is 2.10. The molecule has 2 atom stereocenters. The van der Waals surface area contributed by atoms with Crippen molar-refractivity contribution < 1.29 is 18.5 Å². The molecule has 0 fully saturated rings. The highest BCUT2D eigenvalue weighted by Gasteiger charge is 2.13. The summed E-state index contributed by atoms with van der Waals surface area (Å²) >= 11 is 0. The molecule has 2 unspecified atom stereocenters. The second-order valence-corrected chi connectivity index (χ2v) is 6.29. The quantitative estimate of drug-likeness (QED) is 0.799. The summed E-state index contributed by atoms with van der Waals surface area (Å²) in [6.07, 6.45) is 1.84. The Morgan fingerprint density at radius 3 is 2.86 bits per heavy atom. The molecule has 0 bridgehead atoms. The van der Waals surface area contributed by atoms with E-state index in [-0.39, 0.29) is 30.4 Å². The Hall–Kier alpha value is -1.71. The number of hydrogen-bond donors (Lipinski definition) is 2. The molecule has 1 aromatic carbocycles. The fourth-order valence-corrected chi connectivity index (χ4v) is 1.79. The van der Waals surface area contributed by atoms with Crippen molar-refractivity contribution in [3.63, 3.8) is 0 Å². The zero-order valence-corrected chi connectivity index (χ0v) is 12.8. The Bertz CT molecular complexity index is 592. The molecular weight excluding hydrogens is 293 g/mol. The molecular formula is C15H18FNO3S. The minimum atomic E-state index is -1.04. The number of carbonyl (C=O) groups is 1. The summed E-state index contributed by atoms with van der Waals surface area (Å²) in [6, 6.07) is 3.77. The summed E-state index contributed by atoms with van der Waals surface area (Å²) in [7, 11) is -1.04. The Labute approximate surface area is 126 Å². The van der Waals surface area contributed by atoms with Gasteiger partial charge in [0.05, 0.1) is 12.2 Å². The van der Waals surface area contributed by atoms with E-state index in [9.17, 15) is 13.4 Å². The highest BCUT2D eigenvalue weighted by molar-refractivity contribution is 7.84. The molecule has 114 valence electrons. The standard InChI is InChI=1S/C15H18FNO3S/c1-11(21(2)20)10-17-15(19)14-9-13(16)7-6-12(14)5-3-4-8-18/h6-7,9,11,18H,4,8,10H2,1-2H3,(H,17,19). The average molecular weight is 311 g/mol. The van der Waals surface area contributed by atoms with Crippen LogP contribution in [0.15, 0.2) is 18.2 Å². The molecule has 0 heterocycles. The molecule has 1 aromatic rings. The SMILES string of the molecule is CC(CNC(=O)c1cc(F)ccc1C#CCCO)S(C)=O. The smallest absolute Gasteiger partial charge is 0.252 e. The van der Waals surface area contributed by atoms with Gasteiger partial charge in [-0.1, -0.05) is 11.8 Å². The molecule has 0 spiro atoms. The lowest BCUT2D eigenvalue weighted by Crippen LogP contribution is -2.33. The average Bonchev–Trinajstić information content (AvgIpc) is 2.45. The second-order valence-electron chi connectivity index (χ2n) is 4.48. The van der Waals surface area contributed by atoms with Crippen LogP contribution in [-0.4, -0.2) is 39.9 Å². The number of rotatable bonds is 5. The van der Waals surface area contributed by atoms with Crippen molar-refractivity contribution in [1.82, 2.24) is 5.32 Å². The lowest BCUT2D eigenvalue weighted by molar-refractivity contribution is 0.0953. The molecule has 2 N–H and O–H groups in total. The predicted octanol–water partition coefficient (Wildman–Crippen LogP) is 1.06. The van der Waals surface area contributed by atoms with Crippen molar-refractivity contribution in [2.24, 2.45) is 0 Å². The Balaban J connectivity index is 2.90. The lowest BCUT2D eigenvalue weighted by Gasteiger charge is -2.11. The summed E-state index contributed by atoms with van der Waals surface area (Å²) in [5.41, 5.74) is 0.530. The maximum Gasteiger partial charge on any atom is 0.252 e. The van der Waals surface area contributed by atoms with Crippen LogP contribution in [0.1, 0.15) is 29.3 Å². The molecule has 1 rings (SSSR count). The van der Waals surface area contributed by atoms with E-state index in [0.29, 0.717) is 5.56 Å². The largest absolute Gasteiger partial charge is 0.395 e. The minimum absolute atomic E-state index is 0.0739. The van der Waals surface area contributed by atoms with Gasteiger partial charge in [-0.15, -0.1) is 0 Å². The van der Waals surface area contributed by atoms with Crippen molar-refractivity contribution in [1.29, 1.82) is 0 Å². The van der Waals surface area contributed by atoms with Crippen LogP contribution in [0.25, 0.3) is 0 Å². The lowest BCUT2D eigenvalue weighted by atomic mass is 10.1. The summed E-state index contributed by atoms with van der Waals surface area (Å²) in [5.74, 6) is 4.45. The topological polar surface area (TPSA) is 66.4 Å². The number of nitrogens with one attached hydrogen (secondary N) is 1. The molecule has 0 aliphatic carbocycles. The fraction of sp³-hybridized carbons (Fsp3) is 0.400. The predicted molar refractivity (Wildman–Crippen MR) is 80.8 cm³/mol. The van der Waals surface area contributed by atoms with Crippen LogP contribution in [0.4, 0.5) is 4.39 Å². The third kappa shape index (κ3) is 5.66. The van der Waals surface area contributed by atoms with Crippen LogP contribution in [0.5, 0.6) is 0 Å². The molecule has 0 aliphatic rings. The van der Waals surface area contributed by atoms with Gasteiger partial charge in [0.25, 0.3) is 5.91 Å². The molecule has 4 nitrogen and oxygen atoms in total. The van der Waals surface area contributed by atoms with E-state index in [1.54, 1.807) is 13.2 Å². The molecule has 0 aliphatic heterocycles. The molecule has 21 heavy (non-hydrogen) atoms. The normalized spacial score (nSPS) is 13.0. The number of carbonyl (C=O) groups excluding carboxylic acids is 1. The molecule has 6 heteroatoms. The van der Waals surface area contributed by atoms with Gasteiger partial charge in [0.1, 0.15) is 5.82 Å². The maximum atomic E-state index is 13.3. The first-order chi connectivity index (χ1) is 9.95. The number of amides is 1. The van der Waals surface area contributed by atoms with Crippen molar-refractivity contribution in [2.75, 3.05) is 19.4 Å². The maximum absolute atomic E-state index is 13.3. The molecule has 0 saturated carbocycles. The fourth-order valence-electron chi connectivity index (χ4n) is 1.48. The van der Waals surface area contributed by atoms with E-state index in [1.165, 1.54) is 12.1 Å². The summed E-state index contributed by atoms with van der Waals surface area (Å²) in [6.45, 7) is 1.92. The van der Waals surface area contributed by atoms with Gasteiger partial charge in [-0.2, -0.15) is 0 Å². The number of hydrogen-bond acceptors (Lipinski definition) is 3. The van der Waals surface area contributed by atoms with Gasteiger partial charge in [0.2, 0.25) is 0 Å². The third-order valence-corrected chi connectivity index (χ3v) is 4.10. The van der Waals surface area contributed by atoms with E-state index in [1.807, 2.05) is 0 Å². The zero-order valence-electron chi connectivity index (χ0n) is 12.0. The zero-order chi connectivity index (χ0) is 15.8. The number of benzene rings is 1. The first kappa shape index (κ1) is 17.3. The van der Waals surface area contributed by atoms with Crippen LogP contribution >= 0.6 is 0 Å². The molecule has 0 radical (unpaired) electrons. The minimum Gasteiger partial charge on any atom is -0.395 e. The molecule has 1 amide bonds. The monoisotopic (exact) mass is 311 g/mol. The Kier molecular flexibility index (Phi) is 7.06. The van der Waals surface area contributed by atoms with E-state index < -0.39 is 22.5 Å². The van der Waals surface area contributed by atoms with Crippen LogP contribution in [-0.2, 0) is 10.8 Å². The molecule has 0 aromatic heterocycles. The van der Waals surface area contributed by atoms with Gasteiger partial charge in [-0.3, -0.25) is 9.00 Å². The Morgan fingerprint density at radius 1 is 1.52 bits per heavy atom. The Morgan fingerprint density at radius 2 is 2.24 bits per heavy atom. The second kappa shape index (κ2) is 8.55. The van der Waals surface area contributed by atoms with Gasteiger partial charge >= 0.3 is 0 Å². The van der Waals surface area contributed by atoms with Gasteiger partial charge in [0.15, 0.2) is 0 Å².